The van der Waals surface area contributed by atoms with Gasteiger partial charge in [-0.05, 0) is 74.0 Å². The number of allylic oxidation sites excluding steroid dienone is 1. The number of rotatable bonds is 5. The third-order valence-electron chi connectivity index (χ3n) is 4.84. The number of benzene rings is 2. The van der Waals surface area contributed by atoms with E-state index in [0.29, 0.717) is 22.5 Å². The van der Waals surface area contributed by atoms with Gasteiger partial charge in [0.1, 0.15) is 0 Å². The molecule has 0 atom stereocenters. The van der Waals surface area contributed by atoms with Crippen molar-refractivity contribution in [3.05, 3.63) is 79.5 Å². The maximum atomic E-state index is 13.1. The minimum Gasteiger partial charge on any atom is -0.405 e. The molecule has 0 unspecified atom stereocenters. The summed E-state index contributed by atoms with van der Waals surface area (Å²) < 4.78 is 28.8. The monoisotopic (exact) mass is 447 g/mol. The fourth-order valence-electron chi connectivity index (χ4n) is 3.54. The van der Waals surface area contributed by atoms with Gasteiger partial charge in [0.05, 0.1) is 21.6 Å². The van der Waals surface area contributed by atoms with Gasteiger partial charge in [-0.3, -0.25) is 19.3 Å². The first kappa shape index (κ1) is 22.0. The van der Waals surface area contributed by atoms with Crippen LogP contribution in [-0.2, 0) is 10.0 Å². The zero-order valence-electron chi connectivity index (χ0n) is 17.5. The summed E-state index contributed by atoms with van der Waals surface area (Å²) in [5.74, 6) is 0. The van der Waals surface area contributed by atoms with Crippen LogP contribution in [0.4, 0.5) is 5.69 Å². The third kappa shape index (κ3) is 4.29. The summed E-state index contributed by atoms with van der Waals surface area (Å²) in [4.78, 5) is 32.2. The summed E-state index contributed by atoms with van der Waals surface area (Å²) in [6.07, 6.45) is 3.08. The number of aromatic amines is 2. The Morgan fingerprint density at radius 2 is 1.55 bits per heavy atom. The van der Waals surface area contributed by atoms with Crippen molar-refractivity contribution < 1.29 is 12.7 Å². The van der Waals surface area contributed by atoms with E-state index >= 15 is 0 Å². The number of anilines is 1. The lowest BCUT2D eigenvalue weighted by atomic mass is 9.97. The van der Waals surface area contributed by atoms with Crippen LogP contribution >= 0.6 is 0 Å². The van der Waals surface area contributed by atoms with Crippen LogP contribution in [0.5, 0.6) is 0 Å². The van der Waals surface area contributed by atoms with Gasteiger partial charge in [0.15, 0.2) is 0 Å². The Labute approximate surface area is 183 Å². The highest BCUT2D eigenvalue weighted by Crippen LogP contribution is 2.26. The lowest BCUT2D eigenvalue weighted by Crippen LogP contribution is -2.29. The van der Waals surface area contributed by atoms with Gasteiger partial charge < -0.3 is 15.7 Å². The number of aliphatic imine (C=N–C) groups is 1. The fraction of sp³-hybridized carbons (Fsp3) is 0.190. The van der Waals surface area contributed by atoms with Gasteiger partial charge in [-0.25, -0.2) is 8.42 Å². The number of sulfonamides is 1. The Hall–Kier alpha value is -3.66. The molecule has 0 radical (unpaired) electrons. The van der Waals surface area contributed by atoms with Gasteiger partial charge in [-0.2, -0.15) is 0 Å². The van der Waals surface area contributed by atoms with E-state index in [9.17, 15) is 18.0 Å². The highest BCUT2D eigenvalue weighted by molar-refractivity contribution is 7.92. The molecular formula is C21H29N5O4S. The van der Waals surface area contributed by atoms with Crippen LogP contribution in [0.25, 0.3) is 11.0 Å². The van der Waals surface area contributed by atoms with E-state index < -0.39 is 21.1 Å². The average Bonchev–Trinajstić information content (AvgIpc) is 2.67. The number of nitrogens with one attached hydrogen (secondary N) is 3. The van der Waals surface area contributed by atoms with Crippen LogP contribution in [0.2, 0.25) is 0 Å². The predicted octanol–water partition coefficient (Wildman–Crippen LogP) is 2.57. The molecule has 0 bridgehead atoms. The van der Waals surface area contributed by atoms with Gasteiger partial charge in [0.2, 0.25) is 0 Å². The first-order chi connectivity index (χ1) is 14.6. The smallest absolute Gasteiger partial charge is 0.314 e. The highest BCUT2D eigenvalue weighted by atomic mass is 32.2. The minimum absolute atomic E-state index is 0. The van der Waals surface area contributed by atoms with Gasteiger partial charge in [-0.1, -0.05) is 0 Å². The molecule has 0 aliphatic heterocycles. The van der Waals surface area contributed by atoms with Crippen LogP contribution in [0, 0.1) is 20.8 Å². The summed E-state index contributed by atoms with van der Waals surface area (Å²) >= 11 is 0. The molecule has 1 heterocycles. The standard InChI is InChI=1S/C21H23N5O4S.3H2/c1-11-9-16-17(25-21(28)20(27)24-16)10-18(11)31(29,30)26-14-7-12(2)19(13(3)8-14)15(23-4)5-6-22;;;/h5-10,26H,22H2,1-4H3,(H,24,27)(H,25,28);3*1H/b6-5-,23-15?;;;. The molecule has 0 aliphatic carbocycles. The number of aromatic nitrogens is 2. The molecule has 0 aliphatic rings. The van der Waals surface area contributed by atoms with E-state index in [1.54, 1.807) is 32.2 Å². The van der Waals surface area contributed by atoms with E-state index in [2.05, 4.69) is 19.7 Å². The zero-order valence-corrected chi connectivity index (χ0v) is 18.3. The van der Waals surface area contributed by atoms with E-state index in [1.807, 2.05) is 13.8 Å². The summed E-state index contributed by atoms with van der Waals surface area (Å²) in [5.41, 5.74) is 8.43. The van der Waals surface area contributed by atoms with Crippen LogP contribution in [0.1, 0.15) is 26.5 Å². The average molecular weight is 448 g/mol. The lowest BCUT2D eigenvalue weighted by Gasteiger charge is -2.15. The number of aryl methyl sites for hydroxylation is 3. The number of nitrogens with zero attached hydrogens (tertiary/aromatic N) is 1. The molecule has 2 aromatic carbocycles. The van der Waals surface area contributed by atoms with E-state index in [-0.39, 0.29) is 14.7 Å². The largest absolute Gasteiger partial charge is 0.405 e. The summed E-state index contributed by atoms with van der Waals surface area (Å²) in [6, 6.07) is 6.26. The normalized spacial score (nSPS) is 12.6. The molecule has 1 aromatic heterocycles. The van der Waals surface area contributed by atoms with Crippen LogP contribution in [0.15, 0.2) is 56.0 Å². The van der Waals surface area contributed by atoms with Crippen molar-refractivity contribution in [2.75, 3.05) is 11.8 Å². The molecular weight excluding hydrogens is 418 g/mol. The first-order valence-corrected chi connectivity index (χ1v) is 10.8. The Morgan fingerprint density at radius 1 is 1.00 bits per heavy atom. The van der Waals surface area contributed by atoms with Crippen molar-refractivity contribution in [3.8, 4) is 0 Å². The molecule has 5 N–H and O–H groups in total. The van der Waals surface area contributed by atoms with Gasteiger partial charge >= 0.3 is 11.1 Å². The molecule has 168 valence electrons. The number of hydrogen-bond acceptors (Lipinski definition) is 6. The fourth-order valence-corrected chi connectivity index (χ4v) is 4.83. The van der Waals surface area contributed by atoms with E-state index in [1.165, 1.54) is 18.3 Å². The Kier molecular flexibility index (Phi) is 5.85. The van der Waals surface area contributed by atoms with Crippen molar-refractivity contribution in [2.24, 2.45) is 10.7 Å². The van der Waals surface area contributed by atoms with Crippen LogP contribution < -0.4 is 21.6 Å². The van der Waals surface area contributed by atoms with Gasteiger partial charge in [-0.15, -0.1) is 0 Å². The van der Waals surface area contributed by atoms with E-state index in [0.717, 1.165) is 16.7 Å². The molecule has 3 rings (SSSR count). The zero-order chi connectivity index (χ0) is 22.9. The SMILES string of the molecule is CN=C(/C=C\N)c1c(C)cc(NS(=O)(=O)c2cc3[nH]c(=O)c(=O)[nH]c3cc2C)cc1C.[HH].[HH].[HH]. The Balaban J connectivity index is 0.00000363. The second-order valence-corrected chi connectivity index (χ2v) is 8.78. The number of nitrogens with two attached hydrogens (primary N) is 1. The predicted molar refractivity (Wildman–Crippen MR) is 129 cm³/mol. The maximum Gasteiger partial charge on any atom is 0.314 e. The van der Waals surface area contributed by atoms with Crippen molar-refractivity contribution in [1.29, 1.82) is 0 Å². The molecule has 10 heteroatoms. The number of H-pyrrole nitrogens is 2. The van der Waals surface area contributed by atoms with Gasteiger partial charge in [0.25, 0.3) is 10.0 Å². The first-order valence-electron chi connectivity index (χ1n) is 9.34. The Morgan fingerprint density at radius 3 is 2.06 bits per heavy atom. The minimum atomic E-state index is -3.97. The van der Waals surface area contributed by atoms with Crippen molar-refractivity contribution in [3.63, 3.8) is 0 Å². The van der Waals surface area contributed by atoms with Crippen molar-refractivity contribution >= 4 is 32.5 Å². The highest BCUT2D eigenvalue weighted by Gasteiger charge is 2.20. The second kappa shape index (κ2) is 8.23. The van der Waals surface area contributed by atoms with Crippen molar-refractivity contribution in [2.45, 2.75) is 25.7 Å². The Bertz CT molecular complexity index is 1450. The molecule has 0 spiro atoms. The molecule has 9 nitrogen and oxygen atoms in total. The maximum absolute atomic E-state index is 13.1. The summed E-state index contributed by atoms with van der Waals surface area (Å²) in [7, 11) is -2.31. The number of fused-ring (bicyclic) bond motifs is 1. The molecule has 0 saturated carbocycles. The van der Waals surface area contributed by atoms with Crippen molar-refractivity contribution in [1.82, 2.24) is 9.97 Å². The molecule has 3 aromatic rings. The van der Waals surface area contributed by atoms with Crippen LogP contribution in [0.3, 0.4) is 0 Å². The molecule has 0 amide bonds. The lowest BCUT2D eigenvalue weighted by molar-refractivity contribution is 0.600. The topological polar surface area (TPSA) is 150 Å². The van der Waals surface area contributed by atoms with Crippen LogP contribution in [-0.4, -0.2) is 31.1 Å². The van der Waals surface area contributed by atoms with Gasteiger partial charge in [0, 0.05) is 22.6 Å². The van der Waals surface area contributed by atoms with E-state index in [4.69, 9.17) is 5.73 Å². The molecule has 31 heavy (non-hydrogen) atoms. The number of hydrogen-bond donors (Lipinski definition) is 4. The quantitative estimate of drug-likeness (QED) is 0.350. The molecule has 0 saturated heterocycles. The summed E-state index contributed by atoms with van der Waals surface area (Å²) in [5, 5.41) is 0. The molecule has 0 fully saturated rings. The summed E-state index contributed by atoms with van der Waals surface area (Å²) in [6.45, 7) is 5.33. The third-order valence-corrected chi connectivity index (χ3v) is 6.37. The second-order valence-electron chi connectivity index (χ2n) is 7.13.